The molecule has 330 valence electrons. The molecule has 6 heterocycles. The van der Waals surface area contributed by atoms with Crippen molar-refractivity contribution < 1.29 is 28.7 Å². The largest absolute Gasteiger partial charge is 0.453 e. The number of hydrogen-bond donors (Lipinski definition) is 4. The first-order valence-corrected chi connectivity index (χ1v) is 22.5. The first-order chi connectivity index (χ1) is 30.6. The van der Waals surface area contributed by atoms with E-state index in [2.05, 4.69) is 63.1 Å². The van der Waals surface area contributed by atoms with E-state index in [0.29, 0.717) is 26.3 Å². The first-order valence-electron chi connectivity index (χ1n) is 22.5. The van der Waals surface area contributed by atoms with Gasteiger partial charge in [0.25, 0.3) is 0 Å². The van der Waals surface area contributed by atoms with Gasteiger partial charge in [-0.15, -0.1) is 0 Å². The van der Waals surface area contributed by atoms with Crippen molar-refractivity contribution in [2.45, 2.75) is 103 Å². The number of aryl methyl sites for hydroxylation is 2. The van der Waals surface area contributed by atoms with Crippen molar-refractivity contribution in [3.8, 4) is 33.8 Å². The number of rotatable bonds is 10. The third-order valence-electron chi connectivity index (χ3n) is 13.4. The molecule has 4 aliphatic rings. The molecule has 1 unspecified atom stereocenters. The maximum atomic E-state index is 14.0. The monoisotopic (exact) mass is 855 g/mol. The zero-order valence-electron chi connectivity index (χ0n) is 36.5. The second-order valence-corrected chi connectivity index (χ2v) is 17.8. The van der Waals surface area contributed by atoms with Gasteiger partial charge < -0.3 is 39.9 Å². The topological polar surface area (TPSA) is 188 Å². The van der Waals surface area contributed by atoms with Crippen molar-refractivity contribution in [2.24, 2.45) is 11.8 Å². The van der Waals surface area contributed by atoms with E-state index in [1.54, 1.807) is 0 Å². The van der Waals surface area contributed by atoms with Crippen LogP contribution in [0.25, 0.3) is 44.7 Å². The lowest BCUT2D eigenvalue weighted by atomic mass is 9.90. The van der Waals surface area contributed by atoms with Crippen LogP contribution < -0.4 is 10.6 Å². The molecule has 4 amide bonds. The second-order valence-electron chi connectivity index (χ2n) is 17.8. The van der Waals surface area contributed by atoms with E-state index in [1.807, 2.05) is 35.9 Å². The summed E-state index contributed by atoms with van der Waals surface area (Å²) in [7, 11) is 1.30. The predicted octanol–water partition coefficient (Wildman–Crippen LogP) is 6.81. The Morgan fingerprint density at radius 1 is 0.810 bits per heavy atom. The van der Waals surface area contributed by atoms with E-state index < -0.39 is 18.2 Å². The number of fused-ring (bicyclic) bond motifs is 4. The number of H-pyrrole nitrogens is 2. The third-order valence-corrected chi connectivity index (χ3v) is 13.4. The maximum Gasteiger partial charge on any atom is 0.407 e. The van der Waals surface area contributed by atoms with Crippen LogP contribution in [0, 0.1) is 11.8 Å². The Morgan fingerprint density at radius 3 is 2.30 bits per heavy atom. The molecule has 3 saturated heterocycles. The minimum Gasteiger partial charge on any atom is -0.453 e. The Balaban J connectivity index is 0.912. The number of carbonyl (C=O) groups excluding carboxylic acids is 4. The lowest BCUT2D eigenvalue weighted by molar-refractivity contribution is -0.139. The normalized spacial score (nSPS) is 20.0. The molecule has 5 aromatic rings. The lowest BCUT2D eigenvalue weighted by Gasteiger charge is -2.34. The number of aromatic amines is 2. The van der Waals surface area contributed by atoms with Gasteiger partial charge >= 0.3 is 6.09 Å². The Morgan fingerprint density at radius 2 is 1.56 bits per heavy atom. The number of alkyl carbamates (subject to hydrolysis) is 1. The number of carbonyl (C=O) groups is 4. The Bertz CT molecular complexity index is 2520. The van der Waals surface area contributed by atoms with Crippen molar-refractivity contribution in [1.82, 2.24) is 45.4 Å². The van der Waals surface area contributed by atoms with Crippen LogP contribution in [0.2, 0.25) is 0 Å². The van der Waals surface area contributed by atoms with Crippen molar-refractivity contribution >= 4 is 34.7 Å². The minimum absolute atomic E-state index is 0.0456. The maximum absolute atomic E-state index is 14.0. The van der Waals surface area contributed by atoms with E-state index in [4.69, 9.17) is 24.4 Å². The molecule has 3 aliphatic heterocycles. The van der Waals surface area contributed by atoms with Gasteiger partial charge in [-0.1, -0.05) is 38.1 Å². The number of benzene rings is 2. The van der Waals surface area contributed by atoms with Gasteiger partial charge in [0.2, 0.25) is 17.7 Å². The van der Waals surface area contributed by atoms with E-state index in [9.17, 15) is 19.2 Å². The number of methoxy groups -OCH3 is 1. The van der Waals surface area contributed by atoms with Crippen molar-refractivity contribution in [1.29, 1.82) is 0 Å². The van der Waals surface area contributed by atoms with Gasteiger partial charge in [-0.05, 0) is 99.5 Å². The van der Waals surface area contributed by atoms with Crippen LogP contribution in [-0.2, 0) is 36.7 Å². The number of amides is 4. The van der Waals surface area contributed by atoms with E-state index in [-0.39, 0.29) is 41.6 Å². The van der Waals surface area contributed by atoms with Crippen LogP contribution in [-0.4, -0.2) is 104 Å². The number of hydrogen-bond acceptors (Lipinski definition) is 9. The van der Waals surface area contributed by atoms with Crippen LogP contribution in [0.1, 0.15) is 101 Å². The van der Waals surface area contributed by atoms with Crippen LogP contribution >= 0.6 is 0 Å². The summed E-state index contributed by atoms with van der Waals surface area (Å²) >= 11 is 0. The fourth-order valence-electron chi connectivity index (χ4n) is 10.1. The SMILES string of the molecule is COC(=O)NC(C(=O)N1CCC[C@H]1c1nc2c([nH]1)CCCc1cc(-c3ccc4cc(-c5cnc([C@@H]6CCCN6C(=O)[C@@H](NC(C)=O)C6CCOCC6)[nH]5)ccc4n3)ccc1-2)C(C)C. The zero-order chi connectivity index (χ0) is 43.8. The Labute approximate surface area is 367 Å². The van der Waals surface area contributed by atoms with Gasteiger partial charge in [0.1, 0.15) is 23.7 Å². The fraction of sp³-hybridized carbons (Fsp3) is 0.479. The highest BCUT2D eigenvalue weighted by Gasteiger charge is 2.40. The minimum atomic E-state index is -0.687. The molecule has 0 radical (unpaired) electrons. The average molecular weight is 856 g/mol. The number of pyridine rings is 1. The summed E-state index contributed by atoms with van der Waals surface area (Å²) < 4.78 is 10.4. The summed E-state index contributed by atoms with van der Waals surface area (Å²) in [4.78, 5) is 78.0. The molecule has 2 aromatic carbocycles. The quantitative estimate of drug-likeness (QED) is 0.117. The molecule has 0 spiro atoms. The Kier molecular flexibility index (Phi) is 12.0. The lowest BCUT2D eigenvalue weighted by Crippen LogP contribution is -2.52. The third kappa shape index (κ3) is 8.54. The number of imidazole rings is 2. The van der Waals surface area contributed by atoms with Gasteiger partial charge in [-0.25, -0.2) is 19.7 Å². The second kappa shape index (κ2) is 17.9. The van der Waals surface area contributed by atoms with Crippen molar-refractivity contribution in [3.05, 3.63) is 77.6 Å². The van der Waals surface area contributed by atoms with E-state index in [1.165, 1.54) is 19.6 Å². The molecule has 3 fully saturated rings. The zero-order valence-corrected chi connectivity index (χ0v) is 36.5. The number of nitrogens with zero attached hydrogens (tertiary/aromatic N) is 5. The standard InChI is InChI=1S/C48H57N9O6/c1-27(2)41(55-48(61)62-4)46(59)57-21-7-11-40(57)45-52-37-9-5-8-30-24-31(12-15-34(30)43(37)54-45)35-16-13-32-25-33(14-17-36(32)51-35)38-26-49-44(53-38)39-10-6-20-56(39)47(60)42(50-28(3)58)29-18-22-63-23-19-29/h12-17,24-27,29,39-42H,5-11,18-23H2,1-4H3,(H,49,53)(H,50,58)(H,52,54)(H,55,61)/t39-,40-,41?,42-/m0/s1. The highest BCUT2D eigenvalue weighted by molar-refractivity contribution is 5.89. The molecule has 4 N–H and O–H groups in total. The molecule has 9 rings (SSSR count). The van der Waals surface area contributed by atoms with Gasteiger partial charge in [0.15, 0.2) is 0 Å². The van der Waals surface area contributed by atoms with Crippen molar-refractivity contribution in [2.75, 3.05) is 33.4 Å². The molecular weight excluding hydrogens is 799 g/mol. The Hall–Kier alpha value is -6.09. The molecule has 15 nitrogen and oxygen atoms in total. The van der Waals surface area contributed by atoms with Gasteiger partial charge in [0.05, 0.1) is 48.0 Å². The molecule has 4 atom stereocenters. The molecule has 0 bridgehead atoms. The summed E-state index contributed by atoms with van der Waals surface area (Å²) in [5.41, 5.74) is 8.99. The van der Waals surface area contributed by atoms with Gasteiger partial charge in [0, 0.05) is 61.0 Å². The van der Waals surface area contributed by atoms with Crippen LogP contribution in [0.3, 0.4) is 0 Å². The first kappa shape index (κ1) is 42.2. The van der Waals surface area contributed by atoms with Gasteiger partial charge in [-0.3, -0.25) is 14.4 Å². The van der Waals surface area contributed by atoms with Crippen LogP contribution in [0.4, 0.5) is 4.79 Å². The number of ether oxygens (including phenoxy) is 2. The highest BCUT2D eigenvalue weighted by atomic mass is 16.5. The summed E-state index contributed by atoms with van der Waals surface area (Å²) in [6.07, 6.45) is 8.76. The smallest absolute Gasteiger partial charge is 0.407 e. The molecule has 0 saturated carbocycles. The van der Waals surface area contributed by atoms with Crippen LogP contribution in [0.15, 0.2) is 54.7 Å². The number of aromatic nitrogens is 5. The molecular formula is C48H57N9O6. The summed E-state index contributed by atoms with van der Waals surface area (Å²) in [6.45, 7) is 7.73. The number of likely N-dealkylation sites (tertiary alicyclic amines) is 2. The summed E-state index contributed by atoms with van der Waals surface area (Å²) in [5.74, 6) is 1.11. The fourth-order valence-corrected chi connectivity index (χ4v) is 10.1. The highest BCUT2D eigenvalue weighted by Crippen LogP contribution is 2.39. The summed E-state index contributed by atoms with van der Waals surface area (Å²) in [5, 5.41) is 6.70. The average Bonchev–Trinajstić information content (AvgIpc) is 4.13. The molecule has 1 aliphatic carbocycles. The van der Waals surface area contributed by atoms with Crippen molar-refractivity contribution in [3.63, 3.8) is 0 Å². The summed E-state index contributed by atoms with van der Waals surface area (Å²) in [6, 6.07) is 15.3. The van der Waals surface area contributed by atoms with E-state index >= 15 is 0 Å². The molecule has 3 aromatic heterocycles. The number of nitrogens with one attached hydrogen (secondary N) is 4. The van der Waals surface area contributed by atoms with Crippen LogP contribution in [0.5, 0.6) is 0 Å². The van der Waals surface area contributed by atoms with Gasteiger partial charge in [-0.2, -0.15) is 0 Å². The van der Waals surface area contributed by atoms with E-state index in [0.717, 1.165) is 120 Å². The molecule has 63 heavy (non-hydrogen) atoms. The molecule has 15 heteroatoms. The predicted molar refractivity (Wildman–Crippen MR) is 237 cm³/mol.